The van der Waals surface area contributed by atoms with Crippen molar-refractivity contribution in [2.45, 2.75) is 6.54 Å². The molecule has 9 heteroatoms. The van der Waals surface area contributed by atoms with Crippen LogP contribution >= 0.6 is 39.1 Å². The summed E-state index contributed by atoms with van der Waals surface area (Å²) in [7, 11) is 0. The Kier molecular flexibility index (Phi) is 6.56. The highest BCUT2D eigenvalue weighted by atomic mass is 79.9. The number of nitrogens with zero attached hydrogens (tertiary/aromatic N) is 3. The standard InChI is InChI=1S/C22H15BrCl2N4O2/c23-16-4-1-14(2-5-16)21-8-7-18(31-21)12-26-27-22(30)20-9-10-29(28-20)13-15-3-6-17(24)11-19(15)25/h1-12H,13H2,(H,27,30)/b26-12+. The molecule has 0 bridgehead atoms. The molecule has 4 aromatic rings. The molecule has 156 valence electrons. The van der Waals surface area contributed by atoms with Gasteiger partial charge in [0.1, 0.15) is 11.5 Å². The van der Waals surface area contributed by atoms with Crippen LogP contribution in [0.1, 0.15) is 21.8 Å². The third kappa shape index (κ3) is 5.44. The maximum absolute atomic E-state index is 12.3. The average molecular weight is 518 g/mol. The van der Waals surface area contributed by atoms with Crippen LogP contribution in [0.25, 0.3) is 11.3 Å². The first-order valence-electron chi connectivity index (χ1n) is 9.14. The number of hydrogen-bond donors (Lipinski definition) is 1. The minimum Gasteiger partial charge on any atom is -0.455 e. The second-order valence-electron chi connectivity index (χ2n) is 6.54. The molecule has 0 saturated heterocycles. The Labute approximate surface area is 196 Å². The van der Waals surface area contributed by atoms with E-state index in [1.165, 1.54) is 6.21 Å². The summed E-state index contributed by atoms with van der Waals surface area (Å²) in [4.78, 5) is 12.3. The molecular weight excluding hydrogens is 503 g/mol. The van der Waals surface area contributed by atoms with Crippen LogP contribution in [-0.2, 0) is 6.54 Å². The van der Waals surface area contributed by atoms with Crippen LogP contribution in [0.4, 0.5) is 0 Å². The van der Waals surface area contributed by atoms with Gasteiger partial charge in [-0.15, -0.1) is 0 Å². The van der Waals surface area contributed by atoms with Crippen molar-refractivity contribution < 1.29 is 9.21 Å². The molecule has 2 aromatic heterocycles. The van der Waals surface area contributed by atoms with E-state index >= 15 is 0 Å². The predicted octanol–water partition coefficient (Wildman–Crippen LogP) is 6.02. The molecule has 0 aliphatic heterocycles. The number of rotatable bonds is 6. The number of nitrogens with one attached hydrogen (secondary N) is 1. The van der Waals surface area contributed by atoms with Crippen molar-refractivity contribution in [3.8, 4) is 11.3 Å². The minimum atomic E-state index is -0.433. The van der Waals surface area contributed by atoms with E-state index in [9.17, 15) is 4.79 Å². The van der Waals surface area contributed by atoms with Gasteiger partial charge in [0.2, 0.25) is 0 Å². The molecule has 1 amide bonds. The van der Waals surface area contributed by atoms with Crippen LogP contribution in [0.2, 0.25) is 10.0 Å². The van der Waals surface area contributed by atoms with Crippen LogP contribution < -0.4 is 5.43 Å². The van der Waals surface area contributed by atoms with E-state index < -0.39 is 5.91 Å². The highest BCUT2D eigenvalue weighted by Gasteiger charge is 2.10. The van der Waals surface area contributed by atoms with Gasteiger partial charge < -0.3 is 4.42 Å². The van der Waals surface area contributed by atoms with Crippen molar-refractivity contribution in [2.75, 3.05) is 0 Å². The first kappa shape index (κ1) is 21.4. The second kappa shape index (κ2) is 9.51. The molecule has 0 fully saturated rings. The van der Waals surface area contributed by atoms with Crippen LogP contribution in [0, 0.1) is 0 Å². The summed E-state index contributed by atoms with van der Waals surface area (Å²) in [5, 5.41) is 9.31. The molecule has 0 atom stereocenters. The second-order valence-corrected chi connectivity index (χ2v) is 8.30. The molecular formula is C22H15BrCl2N4O2. The summed E-state index contributed by atoms with van der Waals surface area (Å²) in [6.07, 6.45) is 3.13. The zero-order valence-electron chi connectivity index (χ0n) is 15.9. The van der Waals surface area contributed by atoms with Gasteiger partial charge in [-0.05, 0) is 48.0 Å². The maximum atomic E-state index is 12.3. The van der Waals surface area contributed by atoms with Crippen molar-refractivity contribution in [1.82, 2.24) is 15.2 Å². The van der Waals surface area contributed by atoms with Crippen LogP contribution in [-0.4, -0.2) is 21.9 Å². The number of halogens is 3. The van der Waals surface area contributed by atoms with Crippen molar-refractivity contribution >= 4 is 51.3 Å². The van der Waals surface area contributed by atoms with E-state index in [0.717, 1.165) is 15.6 Å². The van der Waals surface area contributed by atoms with E-state index in [1.54, 1.807) is 35.1 Å². The predicted molar refractivity (Wildman–Crippen MR) is 125 cm³/mol. The zero-order valence-corrected chi connectivity index (χ0v) is 19.0. The fourth-order valence-electron chi connectivity index (χ4n) is 2.80. The summed E-state index contributed by atoms with van der Waals surface area (Å²) < 4.78 is 8.34. The summed E-state index contributed by atoms with van der Waals surface area (Å²) in [6, 6.07) is 18.2. The van der Waals surface area contributed by atoms with Crippen molar-refractivity contribution in [1.29, 1.82) is 0 Å². The molecule has 31 heavy (non-hydrogen) atoms. The molecule has 1 N–H and O–H groups in total. The van der Waals surface area contributed by atoms with Crippen LogP contribution in [0.5, 0.6) is 0 Å². The van der Waals surface area contributed by atoms with E-state index in [4.69, 9.17) is 27.6 Å². The molecule has 2 aromatic carbocycles. The SMILES string of the molecule is O=C(N/N=C/c1ccc(-c2ccc(Br)cc2)o1)c1ccn(Cc2ccc(Cl)cc2Cl)n1. The monoisotopic (exact) mass is 516 g/mol. The quantitative estimate of drug-likeness (QED) is 0.251. The van der Waals surface area contributed by atoms with Gasteiger partial charge in [0, 0.05) is 26.3 Å². The lowest BCUT2D eigenvalue weighted by atomic mass is 10.2. The molecule has 0 aliphatic carbocycles. The van der Waals surface area contributed by atoms with E-state index in [1.807, 2.05) is 36.4 Å². The average Bonchev–Trinajstić information content (AvgIpc) is 3.41. The van der Waals surface area contributed by atoms with Gasteiger partial charge >= 0.3 is 0 Å². The number of aromatic nitrogens is 2. The minimum absolute atomic E-state index is 0.234. The van der Waals surface area contributed by atoms with Crippen molar-refractivity contribution in [3.63, 3.8) is 0 Å². The van der Waals surface area contributed by atoms with Crippen LogP contribution in [0.3, 0.4) is 0 Å². The number of carbonyl (C=O) groups excluding carboxylic acids is 1. The zero-order chi connectivity index (χ0) is 21.8. The third-order valence-corrected chi connectivity index (χ3v) is 5.45. The summed E-state index contributed by atoms with van der Waals surface area (Å²) in [5.41, 5.74) is 4.47. The number of furan rings is 1. The molecule has 0 saturated carbocycles. The normalized spacial score (nSPS) is 11.2. The first-order chi connectivity index (χ1) is 15.0. The van der Waals surface area contributed by atoms with Gasteiger partial charge in [-0.3, -0.25) is 9.48 Å². The summed E-state index contributed by atoms with van der Waals surface area (Å²) in [6.45, 7) is 0.414. The number of carbonyl (C=O) groups is 1. The smallest absolute Gasteiger partial charge is 0.291 e. The lowest BCUT2D eigenvalue weighted by Crippen LogP contribution is -2.18. The van der Waals surface area contributed by atoms with Gasteiger partial charge in [0.15, 0.2) is 5.69 Å². The molecule has 0 unspecified atom stereocenters. The fraction of sp³-hybridized carbons (Fsp3) is 0.0455. The number of hydrazone groups is 1. The summed E-state index contributed by atoms with van der Waals surface area (Å²) >= 11 is 15.5. The maximum Gasteiger partial charge on any atom is 0.291 e. The number of hydrogen-bond acceptors (Lipinski definition) is 4. The Morgan fingerprint density at radius 1 is 1.13 bits per heavy atom. The molecule has 0 aliphatic rings. The lowest BCUT2D eigenvalue weighted by molar-refractivity contribution is 0.0949. The Balaban J connectivity index is 1.36. The fourth-order valence-corrected chi connectivity index (χ4v) is 3.53. The van der Waals surface area contributed by atoms with Gasteiger partial charge in [0.25, 0.3) is 5.91 Å². The van der Waals surface area contributed by atoms with Gasteiger partial charge in [-0.2, -0.15) is 10.2 Å². The van der Waals surface area contributed by atoms with Crippen molar-refractivity contribution in [3.05, 3.63) is 98.4 Å². The lowest BCUT2D eigenvalue weighted by Gasteiger charge is -2.05. The van der Waals surface area contributed by atoms with Crippen molar-refractivity contribution in [2.24, 2.45) is 5.10 Å². The molecule has 0 spiro atoms. The Morgan fingerprint density at radius 2 is 1.94 bits per heavy atom. The van der Waals surface area contributed by atoms with E-state index in [-0.39, 0.29) is 5.69 Å². The number of benzene rings is 2. The first-order valence-corrected chi connectivity index (χ1v) is 10.7. The van der Waals surface area contributed by atoms with E-state index in [0.29, 0.717) is 28.1 Å². The Morgan fingerprint density at radius 3 is 2.71 bits per heavy atom. The van der Waals surface area contributed by atoms with E-state index in [2.05, 4.69) is 31.6 Å². The molecule has 0 radical (unpaired) electrons. The Bertz CT molecular complexity index is 1250. The van der Waals surface area contributed by atoms with Gasteiger partial charge in [-0.1, -0.05) is 57.3 Å². The topological polar surface area (TPSA) is 72.4 Å². The van der Waals surface area contributed by atoms with Crippen LogP contribution in [0.15, 0.2) is 80.9 Å². The highest BCUT2D eigenvalue weighted by molar-refractivity contribution is 9.10. The summed E-state index contributed by atoms with van der Waals surface area (Å²) in [5.74, 6) is 0.790. The highest BCUT2D eigenvalue weighted by Crippen LogP contribution is 2.23. The molecule has 4 rings (SSSR count). The van der Waals surface area contributed by atoms with Gasteiger partial charge in [-0.25, -0.2) is 5.43 Å². The molecule has 2 heterocycles. The van der Waals surface area contributed by atoms with Gasteiger partial charge in [0.05, 0.1) is 12.8 Å². The number of amides is 1. The Hall–Kier alpha value is -2.87. The largest absolute Gasteiger partial charge is 0.455 e. The third-order valence-electron chi connectivity index (χ3n) is 4.33. The molecule has 6 nitrogen and oxygen atoms in total.